The standard InChI is InChI=1S/C14H17N3O3S/c1-8-13(14(18)17-15)21-12(16-8)7-9-4-5-10(19-2)11(6-9)20-3/h4-6H,7,15H2,1-3H3,(H,17,18). The van der Waals surface area contributed by atoms with Gasteiger partial charge in [-0.05, 0) is 24.6 Å². The van der Waals surface area contributed by atoms with E-state index in [-0.39, 0.29) is 5.91 Å². The predicted molar refractivity (Wildman–Crippen MR) is 80.9 cm³/mol. The molecule has 0 saturated heterocycles. The van der Waals surface area contributed by atoms with Crippen molar-refractivity contribution in [3.8, 4) is 11.5 Å². The molecule has 6 nitrogen and oxygen atoms in total. The number of benzene rings is 1. The van der Waals surface area contributed by atoms with Crippen molar-refractivity contribution in [1.29, 1.82) is 0 Å². The van der Waals surface area contributed by atoms with Crippen LogP contribution in [-0.2, 0) is 6.42 Å². The van der Waals surface area contributed by atoms with Crippen LogP contribution in [0.2, 0.25) is 0 Å². The van der Waals surface area contributed by atoms with Gasteiger partial charge in [0.1, 0.15) is 4.88 Å². The molecule has 1 heterocycles. The third kappa shape index (κ3) is 3.32. The van der Waals surface area contributed by atoms with Crippen LogP contribution < -0.4 is 20.7 Å². The van der Waals surface area contributed by atoms with E-state index < -0.39 is 0 Å². The number of amides is 1. The Bertz CT molecular complexity index is 655. The average molecular weight is 307 g/mol. The zero-order valence-corrected chi connectivity index (χ0v) is 12.9. The summed E-state index contributed by atoms with van der Waals surface area (Å²) in [5, 5.41) is 0.846. The summed E-state index contributed by atoms with van der Waals surface area (Å²) in [6, 6.07) is 5.70. The van der Waals surface area contributed by atoms with Gasteiger partial charge in [-0.3, -0.25) is 10.2 Å². The number of nitrogens with one attached hydrogen (secondary N) is 1. The normalized spacial score (nSPS) is 10.3. The van der Waals surface area contributed by atoms with E-state index in [9.17, 15) is 4.79 Å². The molecule has 2 rings (SSSR count). The van der Waals surface area contributed by atoms with E-state index >= 15 is 0 Å². The first kappa shape index (κ1) is 15.3. The third-order valence-corrected chi connectivity index (χ3v) is 4.14. The molecule has 7 heteroatoms. The number of nitrogens with two attached hydrogens (primary N) is 1. The second kappa shape index (κ2) is 6.55. The highest BCUT2D eigenvalue weighted by Gasteiger charge is 2.15. The molecular formula is C14H17N3O3S. The molecule has 1 aromatic heterocycles. The van der Waals surface area contributed by atoms with Gasteiger partial charge in [-0.25, -0.2) is 10.8 Å². The van der Waals surface area contributed by atoms with Crippen molar-refractivity contribution >= 4 is 17.2 Å². The van der Waals surface area contributed by atoms with E-state index in [1.165, 1.54) is 11.3 Å². The fourth-order valence-electron chi connectivity index (χ4n) is 1.97. The summed E-state index contributed by atoms with van der Waals surface area (Å²) in [6.07, 6.45) is 0.615. The van der Waals surface area contributed by atoms with E-state index in [1.807, 2.05) is 18.2 Å². The highest BCUT2D eigenvalue weighted by atomic mass is 32.1. The van der Waals surface area contributed by atoms with Crippen LogP contribution in [0.25, 0.3) is 0 Å². The Kier molecular flexibility index (Phi) is 4.77. The first-order valence-corrected chi connectivity index (χ1v) is 7.08. The predicted octanol–water partition coefficient (Wildman–Crippen LogP) is 1.66. The van der Waals surface area contributed by atoms with E-state index in [0.29, 0.717) is 28.5 Å². The lowest BCUT2D eigenvalue weighted by molar-refractivity contribution is 0.0957. The highest BCUT2D eigenvalue weighted by Crippen LogP contribution is 2.29. The van der Waals surface area contributed by atoms with Crippen molar-refractivity contribution in [2.75, 3.05) is 14.2 Å². The quantitative estimate of drug-likeness (QED) is 0.498. The molecule has 0 bridgehead atoms. The molecule has 0 fully saturated rings. The molecule has 0 aliphatic heterocycles. The van der Waals surface area contributed by atoms with E-state index in [4.69, 9.17) is 15.3 Å². The Hall–Kier alpha value is -2.12. The maximum absolute atomic E-state index is 11.6. The van der Waals surface area contributed by atoms with Gasteiger partial charge in [-0.15, -0.1) is 11.3 Å². The van der Waals surface area contributed by atoms with Gasteiger partial charge in [-0.2, -0.15) is 0 Å². The summed E-state index contributed by atoms with van der Waals surface area (Å²) in [6.45, 7) is 1.79. The molecule has 21 heavy (non-hydrogen) atoms. The average Bonchev–Trinajstić information content (AvgIpc) is 2.86. The monoisotopic (exact) mass is 307 g/mol. The number of rotatable bonds is 5. The van der Waals surface area contributed by atoms with Crippen molar-refractivity contribution in [1.82, 2.24) is 10.4 Å². The third-order valence-electron chi connectivity index (χ3n) is 2.98. The smallest absolute Gasteiger partial charge is 0.277 e. The van der Waals surface area contributed by atoms with Crippen LogP contribution in [0.5, 0.6) is 11.5 Å². The van der Waals surface area contributed by atoms with Gasteiger partial charge in [0.2, 0.25) is 0 Å². The molecule has 0 unspecified atom stereocenters. The fraction of sp³-hybridized carbons (Fsp3) is 0.286. The lowest BCUT2D eigenvalue weighted by Gasteiger charge is -2.08. The Morgan fingerprint density at radius 3 is 2.67 bits per heavy atom. The van der Waals surface area contributed by atoms with Crippen LogP contribution in [0.4, 0.5) is 0 Å². The molecular weight excluding hydrogens is 290 g/mol. The molecule has 3 N–H and O–H groups in total. The minimum Gasteiger partial charge on any atom is -0.493 e. The minimum absolute atomic E-state index is 0.316. The van der Waals surface area contributed by atoms with Crippen LogP contribution in [0.15, 0.2) is 18.2 Å². The Morgan fingerprint density at radius 1 is 1.33 bits per heavy atom. The molecule has 0 radical (unpaired) electrons. The van der Waals surface area contributed by atoms with Crippen molar-refractivity contribution in [3.63, 3.8) is 0 Å². The van der Waals surface area contributed by atoms with Crippen molar-refractivity contribution < 1.29 is 14.3 Å². The summed E-state index contributed by atoms with van der Waals surface area (Å²) in [7, 11) is 3.19. The van der Waals surface area contributed by atoms with Gasteiger partial charge >= 0.3 is 0 Å². The maximum Gasteiger partial charge on any atom is 0.277 e. The maximum atomic E-state index is 11.6. The lowest BCUT2D eigenvalue weighted by Crippen LogP contribution is -2.29. The molecule has 0 saturated carbocycles. The number of hydrogen-bond acceptors (Lipinski definition) is 6. The Balaban J connectivity index is 2.24. The number of nitrogens with zero attached hydrogens (tertiary/aromatic N) is 1. The number of nitrogen functional groups attached to an aromatic ring is 1. The summed E-state index contributed by atoms with van der Waals surface area (Å²) < 4.78 is 10.5. The largest absolute Gasteiger partial charge is 0.493 e. The number of hydrazine groups is 1. The van der Waals surface area contributed by atoms with E-state index in [1.54, 1.807) is 21.1 Å². The molecule has 1 aromatic carbocycles. The topological polar surface area (TPSA) is 86.5 Å². The molecule has 0 atom stereocenters. The number of ether oxygens (including phenoxy) is 2. The van der Waals surface area contributed by atoms with Gasteiger partial charge in [0.05, 0.1) is 24.9 Å². The zero-order chi connectivity index (χ0) is 15.4. The van der Waals surface area contributed by atoms with E-state index in [0.717, 1.165) is 10.6 Å². The Labute approximate surface area is 126 Å². The summed E-state index contributed by atoms with van der Waals surface area (Å²) >= 11 is 1.34. The second-order valence-corrected chi connectivity index (χ2v) is 5.45. The number of aryl methyl sites for hydroxylation is 1. The molecule has 2 aromatic rings. The second-order valence-electron chi connectivity index (χ2n) is 4.36. The van der Waals surface area contributed by atoms with E-state index in [2.05, 4.69) is 10.4 Å². The number of carbonyl (C=O) groups is 1. The molecule has 0 spiro atoms. The first-order valence-electron chi connectivity index (χ1n) is 6.27. The molecule has 0 aliphatic rings. The number of thiazole rings is 1. The summed E-state index contributed by atoms with van der Waals surface area (Å²) in [4.78, 5) is 16.5. The lowest BCUT2D eigenvalue weighted by atomic mass is 10.1. The van der Waals surface area contributed by atoms with Crippen LogP contribution in [-0.4, -0.2) is 25.1 Å². The van der Waals surface area contributed by atoms with Gasteiger partial charge in [-0.1, -0.05) is 6.07 Å². The number of methoxy groups -OCH3 is 2. The number of hydrogen-bond donors (Lipinski definition) is 2. The Morgan fingerprint density at radius 2 is 2.05 bits per heavy atom. The van der Waals surface area contributed by atoms with Gasteiger partial charge in [0.25, 0.3) is 5.91 Å². The zero-order valence-electron chi connectivity index (χ0n) is 12.1. The van der Waals surface area contributed by atoms with Gasteiger partial charge in [0.15, 0.2) is 11.5 Å². The highest BCUT2D eigenvalue weighted by molar-refractivity contribution is 7.13. The van der Waals surface area contributed by atoms with Crippen LogP contribution in [0, 0.1) is 6.92 Å². The number of aromatic nitrogens is 1. The van der Waals surface area contributed by atoms with Crippen LogP contribution in [0.1, 0.15) is 25.9 Å². The molecule has 112 valence electrons. The van der Waals surface area contributed by atoms with Crippen molar-refractivity contribution in [3.05, 3.63) is 39.3 Å². The van der Waals surface area contributed by atoms with Crippen molar-refractivity contribution in [2.24, 2.45) is 5.84 Å². The SMILES string of the molecule is COc1ccc(Cc2nc(C)c(C(=O)NN)s2)cc1OC. The number of carbonyl (C=O) groups excluding carboxylic acids is 1. The van der Waals surface area contributed by atoms with Crippen molar-refractivity contribution in [2.45, 2.75) is 13.3 Å². The fourth-order valence-corrected chi connectivity index (χ4v) is 2.97. The van der Waals surface area contributed by atoms with Crippen LogP contribution in [0.3, 0.4) is 0 Å². The van der Waals surface area contributed by atoms with Gasteiger partial charge in [0, 0.05) is 6.42 Å². The first-order chi connectivity index (χ1) is 10.1. The van der Waals surface area contributed by atoms with Gasteiger partial charge < -0.3 is 9.47 Å². The summed E-state index contributed by atoms with van der Waals surface area (Å²) in [5.74, 6) is 6.19. The molecule has 0 aliphatic carbocycles. The van der Waals surface area contributed by atoms with Crippen LogP contribution >= 0.6 is 11.3 Å². The minimum atomic E-state index is -0.316. The summed E-state index contributed by atoms with van der Waals surface area (Å²) in [5.41, 5.74) is 3.84. The molecule has 1 amide bonds.